The van der Waals surface area contributed by atoms with Gasteiger partial charge in [-0.3, -0.25) is 9.59 Å². The number of aromatic amines is 1. The second-order valence-corrected chi connectivity index (χ2v) is 6.97. The molecule has 2 heterocycles. The molecule has 0 saturated heterocycles. The smallest absolute Gasteiger partial charge is 0.329 e. The predicted molar refractivity (Wildman–Crippen MR) is 114 cm³/mol. The van der Waals surface area contributed by atoms with Crippen molar-refractivity contribution in [3.05, 3.63) is 96.1 Å². The molecule has 2 N–H and O–H groups in total. The standard InChI is InChI=1S/C24H20N2O5/c27-21(18-14-25-19-10-5-4-9-17(18)19)15-31-24(29)20(13-16-7-2-1-3-8-16)26-23(28)22-11-6-12-30-22/h1-12,14,20,25H,13,15H2,(H,26,28)/t20-/m1/s1. The Bertz CT molecular complexity index is 1200. The van der Waals surface area contributed by atoms with Gasteiger partial charge < -0.3 is 19.5 Å². The van der Waals surface area contributed by atoms with Gasteiger partial charge >= 0.3 is 5.97 Å². The van der Waals surface area contributed by atoms with Gasteiger partial charge in [0.2, 0.25) is 5.78 Å². The Kier molecular flexibility index (Phi) is 5.93. The van der Waals surface area contributed by atoms with Crippen molar-refractivity contribution < 1.29 is 23.5 Å². The zero-order valence-electron chi connectivity index (χ0n) is 16.5. The summed E-state index contributed by atoms with van der Waals surface area (Å²) in [7, 11) is 0. The number of aromatic nitrogens is 1. The van der Waals surface area contributed by atoms with Crippen molar-refractivity contribution in [1.29, 1.82) is 0 Å². The van der Waals surface area contributed by atoms with Gasteiger partial charge in [0, 0.05) is 29.1 Å². The number of Topliss-reactive ketones (excluding diaryl/α,β-unsaturated/α-hetero) is 1. The van der Waals surface area contributed by atoms with E-state index < -0.39 is 24.5 Å². The van der Waals surface area contributed by atoms with Gasteiger partial charge in [0.25, 0.3) is 5.91 Å². The third-order valence-corrected chi connectivity index (χ3v) is 4.85. The van der Waals surface area contributed by atoms with Crippen LogP contribution >= 0.6 is 0 Å². The Balaban J connectivity index is 1.45. The number of ketones is 1. The summed E-state index contributed by atoms with van der Waals surface area (Å²) in [4.78, 5) is 40.8. The summed E-state index contributed by atoms with van der Waals surface area (Å²) < 4.78 is 10.4. The van der Waals surface area contributed by atoms with Crippen molar-refractivity contribution in [2.75, 3.05) is 6.61 Å². The Morgan fingerprint density at radius 3 is 2.52 bits per heavy atom. The van der Waals surface area contributed by atoms with Crippen LogP contribution in [0.15, 0.2) is 83.6 Å². The number of hydrogen-bond acceptors (Lipinski definition) is 5. The quantitative estimate of drug-likeness (QED) is 0.338. The highest BCUT2D eigenvalue weighted by molar-refractivity contribution is 6.09. The number of fused-ring (bicyclic) bond motifs is 1. The first-order valence-corrected chi connectivity index (χ1v) is 9.76. The van der Waals surface area contributed by atoms with Crippen LogP contribution < -0.4 is 5.32 Å². The molecule has 7 nitrogen and oxygen atoms in total. The molecule has 0 aliphatic heterocycles. The summed E-state index contributed by atoms with van der Waals surface area (Å²) in [5.74, 6) is -1.48. The van der Waals surface area contributed by atoms with Crippen molar-refractivity contribution in [3.63, 3.8) is 0 Å². The molecule has 0 bridgehead atoms. The van der Waals surface area contributed by atoms with E-state index in [0.29, 0.717) is 5.56 Å². The zero-order chi connectivity index (χ0) is 21.6. The van der Waals surface area contributed by atoms with Gasteiger partial charge in [-0.25, -0.2) is 4.79 Å². The number of amides is 1. The molecule has 1 amide bonds. The van der Waals surface area contributed by atoms with Gasteiger partial charge in [0.15, 0.2) is 12.4 Å². The average molecular weight is 416 g/mol. The number of carbonyl (C=O) groups excluding carboxylic acids is 3. The van der Waals surface area contributed by atoms with E-state index in [1.165, 1.54) is 12.3 Å². The number of hydrogen-bond donors (Lipinski definition) is 2. The van der Waals surface area contributed by atoms with Gasteiger partial charge in [0.05, 0.1) is 6.26 Å². The van der Waals surface area contributed by atoms with E-state index in [-0.39, 0.29) is 18.0 Å². The van der Waals surface area contributed by atoms with E-state index in [9.17, 15) is 14.4 Å². The van der Waals surface area contributed by atoms with Crippen LogP contribution in [-0.4, -0.2) is 35.3 Å². The van der Waals surface area contributed by atoms with Crippen LogP contribution in [-0.2, 0) is 16.0 Å². The highest BCUT2D eigenvalue weighted by Gasteiger charge is 2.25. The van der Waals surface area contributed by atoms with Crippen LogP contribution in [0.2, 0.25) is 0 Å². The lowest BCUT2D eigenvalue weighted by Crippen LogP contribution is -2.43. The second kappa shape index (κ2) is 9.13. The normalized spacial score (nSPS) is 11.7. The fraction of sp³-hybridized carbons (Fsp3) is 0.125. The van der Waals surface area contributed by atoms with Gasteiger partial charge in [-0.15, -0.1) is 0 Å². The molecule has 0 spiro atoms. The second-order valence-electron chi connectivity index (χ2n) is 6.97. The topological polar surface area (TPSA) is 101 Å². The molecular weight excluding hydrogens is 396 g/mol. The molecule has 0 saturated carbocycles. The fourth-order valence-corrected chi connectivity index (χ4v) is 3.30. The minimum absolute atomic E-state index is 0.0840. The Morgan fingerprint density at radius 2 is 1.74 bits per heavy atom. The summed E-state index contributed by atoms with van der Waals surface area (Å²) in [6.45, 7) is -0.428. The maximum atomic E-state index is 12.8. The summed E-state index contributed by atoms with van der Waals surface area (Å²) in [5.41, 5.74) is 2.11. The first-order chi connectivity index (χ1) is 15.1. The molecule has 0 fully saturated rings. The van der Waals surface area contributed by atoms with Gasteiger partial charge in [0.1, 0.15) is 6.04 Å². The zero-order valence-corrected chi connectivity index (χ0v) is 16.5. The molecule has 2 aromatic carbocycles. The maximum absolute atomic E-state index is 12.8. The van der Waals surface area contributed by atoms with E-state index >= 15 is 0 Å². The van der Waals surface area contributed by atoms with Crippen LogP contribution in [0.3, 0.4) is 0 Å². The number of rotatable bonds is 8. The number of para-hydroxylation sites is 1. The third kappa shape index (κ3) is 4.72. The molecular formula is C24H20N2O5. The molecule has 156 valence electrons. The number of furan rings is 1. The molecule has 4 aromatic rings. The maximum Gasteiger partial charge on any atom is 0.329 e. The summed E-state index contributed by atoms with van der Waals surface area (Å²) in [5, 5.41) is 3.39. The number of benzene rings is 2. The molecule has 0 aliphatic rings. The first kappa shape index (κ1) is 20.2. The largest absolute Gasteiger partial charge is 0.459 e. The van der Waals surface area contributed by atoms with E-state index in [4.69, 9.17) is 9.15 Å². The number of ether oxygens (including phenoxy) is 1. The van der Waals surface area contributed by atoms with Crippen molar-refractivity contribution in [1.82, 2.24) is 10.3 Å². The Hall–Kier alpha value is -4.13. The molecule has 0 aliphatic carbocycles. The van der Waals surface area contributed by atoms with Crippen molar-refractivity contribution >= 4 is 28.6 Å². The first-order valence-electron chi connectivity index (χ1n) is 9.76. The van der Waals surface area contributed by atoms with E-state index in [1.807, 2.05) is 54.6 Å². The van der Waals surface area contributed by atoms with Gasteiger partial charge in [-0.1, -0.05) is 48.5 Å². The molecule has 0 radical (unpaired) electrons. The Labute approximate surface area is 178 Å². The predicted octanol–water partition coefficient (Wildman–Crippen LogP) is 3.53. The van der Waals surface area contributed by atoms with E-state index in [1.54, 1.807) is 12.3 Å². The third-order valence-electron chi connectivity index (χ3n) is 4.85. The minimum Gasteiger partial charge on any atom is -0.459 e. The summed E-state index contributed by atoms with van der Waals surface area (Å²) in [6.07, 6.45) is 3.19. The van der Waals surface area contributed by atoms with Gasteiger partial charge in [-0.05, 0) is 23.8 Å². The number of esters is 1. The number of nitrogens with one attached hydrogen (secondary N) is 2. The van der Waals surface area contributed by atoms with Crippen LogP contribution in [0.5, 0.6) is 0 Å². The lowest BCUT2D eigenvalue weighted by atomic mass is 10.1. The SMILES string of the molecule is O=C(N[C@H](Cc1ccccc1)C(=O)OCC(=O)c1c[nH]c2ccccc12)c1ccco1. The van der Waals surface area contributed by atoms with Crippen molar-refractivity contribution in [2.24, 2.45) is 0 Å². The lowest BCUT2D eigenvalue weighted by Gasteiger charge is -2.17. The van der Waals surface area contributed by atoms with Crippen molar-refractivity contribution in [2.45, 2.75) is 12.5 Å². The number of carbonyl (C=O) groups is 3. The van der Waals surface area contributed by atoms with Crippen LogP contribution in [0.4, 0.5) is 0 Å². The number of H-pyrrole nitrogens is 1. The van der Waals surface area contributed by atoms with Gasteiger partial charge in [-0.2, -0.15) is 0 Å². The monoisotopic (exact) mass is 416 g/mol. The summed E-state index contributed by atoms with van der Waals surface area (Å²) in [6, 6.07) is 18.7. The molecule has 0 unspecified atom stereocenters. The molecule has 2 aromatic heterocycles. The molecule has 1 atom stereocenters. The molecule has 7 heteroatoms. The van der Waals surface area contributed by atoms with E-state index in [0.717, 1.165) is 16.5 Å². The van der Waals surface area contributed by atoms with Crippen LogP contribution in [0.25, 0.3) is 10.9 Å². The Morgan fingerprint density at radius 1 is 0.968 bits per heavy atom. The van der Waals surface area contributed by atoms with E-state index in [2.05, 4.69) is 10.3 Å². The fourth-order valence-electron chi connectivity index (χ4n) is 3.30. The average Bonchev–Trinajstić information content (AvgIpc) is 3.48. The minimum atomic E-state index is -0.976. The van der Waals surface area contributed by atoms with Crippen LogP contribution in [0, 0.1) is 0 Å². The van der Waals surface area contributed by atoms with Crippen LogP contribution in [0.1, 0.15) is 26.5 Å². The summed E-state index contributed by atoms with van der Waals surface area (Å²) >= 11 is 0. The highest BCUT2D eigenvalue weighted by Crippen LogP contribution is 2.18. The van der Waals surface area contributed by atoms with Crippen molar-refractivity contribution in [3.8, 4) is 0 Å². The highest BCUT2D eigenvalue weighted by atomic mass is 16.5. The lowest BCUT2D eigenvalue weighted by molar-refractivity contribution is -0.144. The molecule has 31 heavy (non-hydrogen) atoms. The molecule has 4 rings (SSSR count).